The van der Waals surface area contributed by atoms with Gasteiger partial charge in [0.15, 0.2) is 0 Å². The lowest BCUT2D eigenvalue weighted by molar-refractivity contribution is -0.129. The van der Waals surface area contributed by atoms with Gasteiger partial charge in [-0.1, -0.05) is 34.8 Å². The third kappa shape index (κ3) is 5.86. The number of ether oxygens (including phenoxy) is 1. The Balaban J connectivity index is 1.78. The number of carbonyl (C=O) groups is 2. The molecule has 2 rings (SSSR count). The molecule has 2 N–H and O–H groups in total. The molecule has 1 fully saturated rings. The maximum Gasteiger partial charge on any atom is 0.242 e. The molecule has 0 aromatic heterocycles. The van der Waals surface area contributed by atoms with E-state index in [1.807, 2.05) is 24.3 Å². The van der Waals surface area contributed by atoms with Gasteiger partial charge in [-0.25, -0.2) is 0 Å². The minimum absolute atomic E-state index is 0.120. The van der Waals surface area contributed by atoms with Gasteiger partial charge in [-0.3, -0.25) is 9.59 Å². The summed E-state index contributed by atoms with van der Waals surface area (Å²) in [7, 11) is 0. The van der Waals surface area contributed by atoms with E-state index in [0.717, 1.165) is 35.9 Å². The zero-order valence-electron chi connectivity index (χ0n) is 13.3. The van der Waals surface area contributed by atoms with E-state index in [1.54, 1.807) is 0 Å². The normalized spacial score (nSPS) is 15.9. The zero-order chi connectivity index (χ0) is 16.7. The van der Waals surface area contributed by atoms with Crippen molar-refractivity contribution in [3.63, 3.8) is 0 Å². The lowest BCUT2D eigenvalue weighted by atomic mass is 9.97. The monoisotopic (exact) mass is 382 g/mol. The topological polar surface area (TPSA) is 67.4 Å². The first kappa shape index (κ1) is 17.8. The lowest BCUT2D eigenvalue weighted by Crippen LogP contribution is -2.50. The Morgan fingerprint density at radius 2 is 2.09 bits per heavy atom. The van der Waals surface area contributed by atoms with Gasteiger partial charge >= 0.3 is 0 Å². The van der Waals surface area contributed by atoms with Crippen LogP contribution < -0.4 is 15.4 Å². The van der Waals surface area contributed by atoms with E-state index >= 15 is 0 Å². The van der Waals surface area contributed by atoms with Gasteiger partial charge < -0.3 is 15.4 Å². The van der Waals surface area contributed by atoms with Crippen LogP contribution in [-0.2, 0) is 9.59 Å². The summed E-state index contributed by atoms with van der Waals surface area (Å²) in [5, 5.41) is 5.65. The smallest absolute Gasteiger partial charge is 0.242 e. The predicted molar refractivity (Wildman–Crippen MR) is 92.2 cm³/mol. The average Bonchev–Trinajstić information content (AvgIpc) is 3.03. The molecule has 1 atom stereocenters. The summed E-state index contributed by atoms with van der Waals surface area (Å²) in [6.07, 6.45) is 4.24. The molecule has 5 nitrogen and oxygen atoms in total. The van der Waals surface area contributed by atoms with E-state index in [4.69, 9.17) is 4.74 Å². The van der Waals surface area contributed by atoms with Gasteiger partial charge in [0.2, 0.25) is 11.8 Å². The largest absolute Gasteiger partial charge is 0.492 e. The number of hydrogen-bond donors (Lipinski definition) is 2. The molecular formula is C17H23BrN2O3. The average molecular weight is 383 g/mol. The summed E-state index contributed by atoms with van der Waals surface area (Å²) in [4.78, 5) is 23.7. The van der Waals surface area contributed by atoms with Crippen molar-refractivity contribution in [3.05, 3.63) is 28.7 Å². The fourth-order valence-corrected chi connectivity index (χ4v) is 3.30. The summed E-state index contributed by atoms with van der Waals surface area (Å²) in [6.45, 7) is 2.25. The lowest BCUT2D eigenvalue weighted by Gasteiger charge is -2.23. The van der Waals surface area contributed by atoms with Crippen LogP contribution in [-0.4, -0.2) is 31.0 Å². The highest BCUT2D eigenvalue weighted by atomic mass is 79.9. The molecule has 0 heterocycles. The third-order valence-corrected chi connectivity index (χ3v) is 4.47. The van der Waals surface area contributed by atoms with Crippen molar-refractivity contribution in [2.75, 3.05) is 13.2 Å². The van der Waals surface area contributed by atoms with Gasteiger partial charge in [-0.05, 0) is 37.0 Å². The summed E-state index contributed by atoms with van der Waals surface area (Å²) in [6, 6.07) is 7.13. The molecular weight excluding hydrogens is 360 g/mol. The van der Waals surface area contributed by atoms with Gasteiger partial charge in [0.1, 0.15) is 18.4 Å². The second kappa shape index (κ2) is 8.91. The van der Waals surface area contributed by atoms with Crippen LogP contribution in [0.5, 0.6) is 5.75 Å². The molecule has 0 spiro atoms. The van der Waals surface area contributed by atoms with Crippen LogP contribution in [0.25, 0.3) is 0 Å². The molecule has 1 saturated carbocycles. The van der Waals surface area contributed by atoms with Crippen LogP contribution in [0, 0.1) is 5.92 Å². The van der Waals surface area contributed by atoms with E-state index in [0.29, 0.717) is 13.2 Å². The third-order valence-electron chi connectivity index (χ3n) is 3.98. The van der Waals surface area contributed by atoms with E-state index in [2.05, 4.69) is 26.6 Å². The molecule has 1 aromatic rings. The first-order valence-electron chi connectivity index (χ1n) is 7.99. The van der Waals surface area contributed by atoms with Crippen LogP contribution >= 0.6 is 15.9 Å². The second-order valence-electron chi connectivity index (χ2n) is 5.82. The molecule has 126 valence electrons. The summed E-state index contributed by atoms with van der Waals surface area (Å²) in [5.41, 5.74) is 0. The number of hydrogen-bond acceptors (Lipinski definition) is 3. The molecule has 1 aliphatic carbocycles. The van der Waals surface area contributed by atoms with Gasteiger partial charge in [0.05, 0.1) is 6.54 Å². The first-order chi connectivity index (χ1) is 11.1. The molecule has 1 unspecified atom stereocenters. The van der Waals surface area contributed by atoms with E-state index in [9.17, 15) is 9.59 Å². The zero-order valence-corrected chi connectivity index (χ0v) is 14.9. The van der Waals surface area contributed by atoms with Crippen LogP contribution in [0.1, 0.15) is 32.6 Å². The van der Waals surface area contributed by atoms with E-state index < -0.39 is 6.04 Å². The van der Waals surface area contributed by atoms with Crippen LogP contribution in [0.3, 0.4) is 0 Å². The van der Waals surface area contributed by atoms with Crippen LogP contribution in [0.4, 0.5) is 0 Å². The predicted octanol–water partition coefficient (Wildman–Crippen LogP) is 2.64. The van der Waals surface area contributed by atoms with Crippen LogP contribution in [0.2, 0.25) is 0 Å². The van der Waals surface area contributed by atoms with Crippen molar-refractivity contribution in [1.82, 2.24) is 10.6 Å². The Labute approximate surface area is 145 Å². The van der Waals surface area contributed by atoms with Gasteiger partial charge in [-0.15, -0.1) is 0 Å². The number of carbonyl (C=O) groups excluding carboxylic acids is 2. The summed E-state index contributed by atoms with van der Waals surface area (Å²) < 4.78 is 6.54. The number of benzene rings is 1. The van der Waals surface area contributed by atoms with Crippen LogP contribution in [0.15, 0.2) is 28.7 Å². The molecule has 23 heavy (non-hydrogen) atoms. The Morgan fingerprint density at radius 1 is 1.35 bits per heavy atom. The second-order valence-corrected chi connectivity index (χ2v) is 6.74. The summed E-state index contributed by atoms with van der Waals surface area (Å²) in [5.74, 6) is 0.708. The minimum atomic E-state index is -0.430. The maximum atomic E-state index is 12.3. The number of nitrogens with one attached hydrogen (secondary N) is 2. The maximum absolute atomic E-state index is 12.3. The highest BCUT2D eigenvalue weighted by Crippen LogP contribution is 2.27. The van der Waals surface area contributed by atoms with Gasteiger partial charge in [0.25, 0.3) is 0 Å². The number of rotatable bonds is 7. The van der Waals surface area contributed by atoms with Crippen molar-refractivity contribution in [3.8, 4) is 5.75 Å². The molecule has 2 amide bonds. The fourth-order valence-electron chi connectivity index (χ4n) is 2.92. The summed E-state index contributed by atoms with van der Waals surface area (Å²) >= 11 is 3.38. The first-order valence-corrected chi connectivity index (χ1v) is 8.79. The highest BCUT2D eigenvalue weighted by molar-refractivity contribution is 9.10. The fraction of sp³-hybridized carbons (Fsp3) is 0.529. The van der Waals surface area contributed by atoms with Crippen molar-refractivity contribution >= 4 is 27.7 Å². The SMILES string of the molecule is CC(=O)NC(C(=O)NCCOc1cccc(Br)c1)C1CCCC1. The molecule has 6 heteroatoms. The molecule has 0 bridgehead atoms. The number of amides is 2. The van der Waals surface area contributed by atoms with Crippen molar-refractivity contribution in [2.24, 2.45) is 5.92 Å². The molecule has 1 aromatic carbocycles. The van der Waals surface area contributed by atoms with Crippen molar-refractivity contribution in [1.29, 1.82) is 0 Å². The molecule has 0 aliphatic heterocycles. The molecule has 0 radical (unpaired) electrons. The Morgan fingerprint density at radius 3 is 2.74 bits per heavy atom. The van der Waals surface area contributed by atoms with Crippen molar-refractivity contribution in [2.45, 2.75) is 38.6 Å². The molecule has 0 saturated heterocycles. The minimum Gasteiger partial charge on any atom is -0.492 e. The van der Waals surface area contributed by atoms with Gasteiger partial charge in [-0.2, -0.15) is 0 Å². The highest BCUT2D eigenvalue weighted by Gasteiger charge is 2.30. The van der Waals surface area contributed by atoms with Crippen molar-refractivity contribution < 1.29 is 14.3 Å². The quantitative estimate of drug-likeness (QED) is 0.712. The Hall–Kier alpha value is -1.56. The standard InChI is InChI=1S/C17H23BrN2O3/c1-12(21)20-16(13-5-2-3-6-13)17(22)19-9-10-23-15-8-4-7-14(18)11-15/h4,7-8,11,13,16H,2-3,5-6,9-10H2,1H3,(H,19,22)(H,20,21). The Bertz CT molecular complexity index is 544. The van der Waals surface area contributed by atoms with E-state index in [1.165, 1.54) is 6.92 Å². The number of halogens is 1. The van der Waals surface area contributed by atoms with E-state index in [-0.39, 0.29) is 17.7 Å². The van der Waals surface area contributed by atoms with Gasteiger partial charge in [0, 0.05) is 11.4 Å². The Kier molecular flexibility index (Phi) is 6.89. The molecule has 1 aliphatic rings.